The number of hydrogen-bond donors (Lipinski definition) is 0. The van der Waals surface area contributed by atoms with Gasteiger partial charge in [0.25, 0.3) is 11.1 Å². The van der Waals surface area contributed by atoms with Crippen LogP contribution >= 0.6 is 11.8 Å². The lowest BCUT2D eigenvalue weighted by Crippen LogP contribution is -2.45. The molecule has 0 aromatic heterocycles. The molecule has 2 aliphatic heterocycles. The highest BCUT2D eigenvalue weighted by Crippen LogP contribution is 2.43. The topological polar surface area (TPSA) is 66.9 Å². The first-order valence-corrected chi connectivity index (χ1v) is 10.7. The Morgan fingerprint density at radius 2 is 2.07 bits per heavy atom. The van der Waals surface area contributed by atoms with E-state index < -0.39 is 23.2 Å². The zero-order chi connectivity index (χ0) is 21.5. The van der Waals surface area contributed by atoms with Crippen molar-refractivity contribution in [3.05, 3.63) is 34.2 Å². The molecule has 0 radical (unpaired) electrons. The molecule has 2 aliphatic rings. The van der Waals surface area contributed by atoms with Gasteiger partial charge in [-0.1, -0.05) is 13.0 Å². The van der Waals surface area contributed by atoms with Gasteiger partial charge in [0.1, 0.15) is 6.04 Å². The summed E-state index contributed by atoms with van der Waals surface area (Å²) in [6.45, 7) is 10.1. The van der Waals surface area contributed by atoms with E-state index in [1.165, 1.54) is 18.2 Å². The number of carbonyl (C=O) groups excluding carboxylic acids is 3. The number of ether oxygens (including phenoxy) is 1. The van der Waals surface area contributed by atoms with Gasteiger partial charge in [-0.15, -0.1) is 0 Å². The van der Waals surface area contributed by atoms with Gasteiger partial charge in [-0.2, -0.15) is 0 Å². The van der Waals surface area contributed by atoms with Crippen molar-refractivity contribution in [1.82, 2.24) is 4.90 Å². The summed E-state index contributed by atoms with van der Waals surface area (Å²) in [6.07, 6.45) is 2.77. The van der Waals surface area contributed by atoms with Gasteiger partial charge in [-0.05, 0) is 81.1 Å². The van der Waals surface area contributed by atoms with E-state index in [9.17, 15) is 14.4 Å². The summed E-state index contributed by atoms with van der Waals surface area (Å²) >= 11 is 0.859. The number of amides is 2. The van der Waals surface area contributed by atoms with E-state index >= 15 is 0 Å². The largest absolute Gasteiger partial charge is 0.464 e. The van der Waals surface area contributed by atoms with Crippen LogP contribution in [0.25, 0.3) is 6.08 Å². The first kappa shape index (κ1) is 21.4. The van der Waals surface area contributed by atoms with Gasteiger partial charge in [0, 0.05) is 18.3 Å². The van der Waals surface area contributed by atoms with Crippen LogP contribution in [0.4, 0.5) is 10.5 Å². The van der Waals surface area contributed by atoms with Crippen LogP contribution in [0, 0.1) is 0 Å². The molecule has 6 nitrogen and oxygen atoms in total. The third-order valence-electron chi connectivity index (χ3n) is 5.79. The molecule has 1 saturated heterocycles. The van der Waals surface area contributed by atoms with E-state index in [-0.39, 0.29) is 12.1 Å². The normalized spacial score (nSPS) is 23.4. The zero-order valence-corrected chi connectivity index (χ0v) is 18.6. The summed E-state index contributed by atoms with van der Waals surface area (Å²) in [7, 11) is 2.10. The minimum Gasteiger partial charge on any atom is -0.464 e. The Morgan fingerprint density at radius 1 is 1.38 bits per heavy atom. The molecule has 2 heterocycles. The summed E-state index contributed by atoms with van der Waals surface area (Å²) in [4.78, 5) is 40.7. The molecule has 1 aromatic carbocycles. The third kappa shape index (κ3) is 3.92. The molecule has 156 valence electrons. The number of fused-ring (bicyclic) bond motifs is 1. The van der Waals surface area contributed by atoms with Crippen LogP contribution in [0.5, 0.6) is 0 Å². The minimum absolute atomic E-state index is 0.0832. The lowest BCUT2D eigenvalue weighted by molar-refractivity contribution is -0.150. The molecule has 29 heavy (non-hydrogen) atoms. The molecular formula is C22H28N2O4S. The van der Waals surface area contributed by atoms with Gasteiger partial charge in [-0.25, -0.2) is 4.79 Å². The summed E-state index contributed by atoms with van der Waals surface area (Å²) in [6, 6.07) is 5.19. The average Bonchev–Trinajstić information content (AvgIpc) is 2.92. The first-order chi connectivity index (χ1) is 13.6. The predicted molar refractivity (Wildman–Crippen MR) is 116 cm³/mol. The van der Waals surface area contributed by atoms with Gasteiger partial charge < -0.3 is 9.64 Å². The van der Waals surface area contributed by atoms with Gasteiger partial charge in [0.2, 0.25) is 0 Å². The van der Waals surface area contributed by atoms with Crippen molar-refractivity contribution in [2.75, 3.05) is 18.6 Å². The molecule has 3 rings (SSSR count). The Balaban J connectivity index is 1.88. The molecule has 7 heteroatoms. The van der Waals surface area contributed by atoms with Crippen LogP contribution in [0.15, 0.2) is 23.1 Å². The van der Waals surface area contributed by atoms with Crippen LogP contribution in [0.3, 0.4) is 0 Å². The van der Waals surface area contributed by atoms with Crippen molar-refractivity contribution in [2.45, 2.75) is 58.5 Å². The van der Waals surface area contributed by atoms with Crippen molar-refractivity contribution in [3.63, 3.8) is 0 Å². The lowest BCUT2D eigenvalue weighted by atomic mass is 9.80. The molecular weight excluding hydrogens is 388 g/mol. The van der Waals surface area contributed by atoms with E-state index in [0.29, 0.717) is 10.8 Å². The van der Waals surface area contributed by atoms with Crippen LogP contribution in [-0.2, 0) is 14.3 Å². The summed E-state index contributed by atoms with van der Waals surface area (Å²) in [5, 5.41) is -0.449. The van der Waals surface area contributed by atoms with Gasteiger partial charge in [0.15, 0.2) is 0 Å². The second-order valence-corrected chi connectivity index (χ2v) is 9.27. The molecule has 1 aromatic rings. The number of carbonyl (C=O) groups is 3. The van der Waals surface area contributed by atoms with Crippen LogP contribution in [-0.4, -0.2) is 47.3 Å². The van der Waals surface area contributed by atoms with E-state index in [0.717, 1.165) is 28.6 Å². The highest BCUT2D eigenvalue weighted by atomic mass is 32.2. The fraction of sp³-hybridized carbons (Fsp3) is 0.500. The van der Waals surface area contributed by atoms with Gasteiger partial charge in [0.05, 0.1) is 11.5 Å². The van der Waals surface area contributed by atoms with Crippen molar-refractivity contribution in [1.29, 1.82) is 0 Å². The number of esters is 1. The SMILES string of the molecule is CCOC(=O)[C@H](C)N1C(=O)S/C(=C/c2ccc3c(c2)[C@H](C)CC(C)(C)N3C)C1=O. The maximum Gasteiger partial charge on any atom is 0.329 e. The van der Waals surface area contributed by atoms with Crippen molar-refractivity contribution < 1.29 is 19.1 Å². The molecule has 0 spiro atoms. The highest BCUT2D eigenvalue weighted by Gasteiger charge is 2.41. The summed E-state index contributed by atoms with van der Waals surface area (Å²) < 4.78 is 4.95. The number of benzene rings is 1. The van der Waals surface area contributed by atoms with E-state index in [1.807, 2.05) is 6.07 Å². The minimum atomic E-state index is -0.937. The summed E-state index contributed by atoms with van der Waals surface area (Å²) in [5.74, 6) is -0.641. The number of rotatable bonds is 4. The smallest absolute Gasteiger partial charge is 0.329 e. The number of anilines is 1. The monoisotopic (exact) mass is 416 g/mol. The fourth-order valence-electron chi connectivity index (χ4n) is 4.02. The number of thioether (sulfide) groups is 1. The Kier molecular flexibility index (Phi) is 5.81. The van der Waals surface area contributed by atoms with E-state index in [4.69, 9.17) is 4.74 Å². The average molecular weight is 417 g/mol. The Morgan fingerprint density at radius 3 is 2.72 bits per heavy atom. The Hall–Kier alpha value is -2.28. The van der Waals surface area contributed by atoms with Crippen molar-refractivity contribution >= 4 is 40.6 Å². The quantitative estimate of drug-likeness (QED) is 0.535. The predicted octanol–water partition coefficient (Wildman–Crippen LogP) is 4.40. The summed E-state index contributed by atoms with van der Waals surface area (Å²) in [5.41, 5.74) is 3.38. The standard InChI is InChI=1S/C22H28N2O4S/c1-7-28-20(26)14(3)24-19(25)18(29-21(24)27)11-15-8-9-17-16(10-15)13(2)12-22(4,5)23(17)6/h8-11,13-14H,7,12H2,1-6H3/b18-11+/t13-,14+/m1/s1. The van der Waals surface area contributed by atoms with E-state index in [1.54, 1.807) is 13.0 Å². The maximum absolute atomic E-state index is 12.8. The highest BCUT2D eigenvalue weighted by molar-refractivity contribution is 8.18. The second-order valence-electron chi connectivity index (χ2n) is 8.27. The van der Waals surface area contributed by atoms with Crippen LogP contribution < -0.4 is 4.90 Å². The molecule has 2 atom stereocenters. The Labute approximate surface area is 176 Å². The maximum atomic E-state index is 12.8. The van der Waals surface area contributed by atoms with Gasteiger partial charge >= 0.3 is 5.97 Å². The van der Waals surface area contributed by atoms with Gasteiger partial charge in [-0.3, -0.25) is 14.5 Å². The molecule has 0 unspecified atom stereocenters. The number of imide groups is 1. The molecule has 0 aliphatic carbocycles. The molecule has 2 amide bonds. The molecule has 0 N–H and O–H groups in total. The number of nitrogens with zero attached hydrogens (tertiary/aromatic N) is 2. The first-order valence-electron chi connectivity index (χ1n) is 9.88. The van der Waals surface area contributed by atoms with Crippen molar-refractivity contribution in [3.8, 4) is 0 Å². The Bertz CT molecular complexity index is 893. The molecule has 0 saturated carbocycles. The van der Waals surface area contributed by atoms with Crippen LogP contribution in [0.2, 0.25) is 0 Å². The second kappa shape index (κ2) is 7.86. The third-order valence-corrected chi connectivity index (χ3v) is 6.68. The zero-order valence-electron chi connectivity index (χ0n) is 17.8. The van der Waals surface area contributed by atoms with Crippen molar-refractivity contribution in [2.24, 2.45) is 0 Å². The molecule has 1 fully saturated rings. The van der Waals surface area contributed by atoms with Crippen LogP contribution in [0.1, 0.15) is 58.1 Å². The molecule has 0 bridgehead atoms. The lowest BCUT2D eigenvalue weighted by Gasteiger charge is -2.45. The van der Waals surface area contributed by atoms with E-state index in [2.05, 4.69) is 44.9 Å². The fourth-order valence-corrected chi connectivity index (χ4v) is 4.93. The number of hydrogen-bond acceptors (Lipinski definition) is 6.